The van der Waals surface area contributed by atoms with Crippen LogP contribution in [0.2, 0.25) is 0 Å². The van der Waals surface area contributed by atoms with E-state index >= 15 is 0 Å². The number of aryl methyl sites for hydroxylation is 2. The topological polar surface area (TPSA) is 59.9 Å². The highest BCUT2D eigenvalue weighted by molar-refractivity contribution is 5.96. The molecule has 0 radical (unpaired) electrons. The first-order valence-electron chi connectivity index (χ1n) is 5.32. The van der Waals surface area contributed by atoms with Crippen molar-refractivity contribution in [2.45, 2.75) is 13.8 Å². The van der Waals surface area contributed by atoms with Crippen LogP contribution < -0.4 is 0 Å². The Labute approximate surface area is 99.4 Å². The van der Waals surface area contributed by atoms with Crippen molar-refractivity contribution in [3.8, 4) is 11.1 Å². The molecule has 0 aliphatic heterocycles. The Balaban J connectivity index is 2.61. The number of nitrogens with one attached hydrogen (secondary N) is 1. The lowest BCUT2D eigenvalue weighted by Gasteiger charge is -2.03. The van der Waals surface area contributed by atoms with E-state index in [1.54, 1.807) is 10.9 Å². The SMILES string of the molecule is COC(=O)c1[nH]ccc1-c1c(C)nn(C)c1C. The van der Waals surface area contributed by atoms with Crippen LogP contribution in [0.5, 0.6) is 0 Å². The number of methoxy groups -OCH3 is 1. The van der Waals surface area contributed by atoms with Gasteiger partial charge in [0.2, 0.25) is 0 Å². The number of hydrogen-bond acceptors (Lipinski definition) is 3. The van der Waals surface area contributed by atoms with Gasteiger partial charge < -0.3 is 9.72 Å². The van der Waals surface area contributed by atoms with E-state index in [4.69, 9.17) is 4.74 Å². The smallest absolute Gasteiger partial charge is 0.355 e. The van der Waals surface area contributed by atoms with Gasteiger partial charge in [0, 0.05) is 30.1 Å². The summed E-state index contributed by atoms with van der Waals surface area (Å²) in [6.45, 7) is 3.90. The fourth-order valence-corrected chi connectivity index (χ4v) is 2.01. The minimum Gasteiger partial charge on any atom is -0.464 e. The maximum Gasteiger partial charge on any atom is 0.355 e. The number of carbonyl (C=O) groups excluding carboxylic acids is 1. The molecule has 0 aliphatic rings. The van der Waals surface area contributed by atoms with Gasteiger partial charge in [0.15, 0.2) is 0 Å². The van der Waals surface area contributed by atoms with E-state index < -0.39 is 0 Å². The van der Waals surface area contributed by atoms with Gasteiger partial charge in [0.25, 0.3) is 0 Å². The van der Waals surface area contributed by atoms with E-state index in [0.29, 0.717) is 5.69 Å². The van der Waals surface area contributed by atoms with Crippen molar-refractivity contribution in [2.24, 2.45) is 7.05 Å². The Bertz CT molecular complexity index is 566. The minimum absolute atomic E-state index is 0.368. The van der Waals surface area contributed by atoms with E-state index in [9.17, 15) is 4.79 Å². The summed E-state index contributed by atoms with van der Waals surface area (Å²) in [5.74, 6) is -0.368. The second kappa shape index (κ2) is 4.08. The summed E-state index contributed by atoms with van der Waals surface area (Å²) in [5.41, 5.74) is 4.20. The van der Waals surface area contributed by atoms with Crippen molar-refractivity contribution in [1.29, 1.82) is 0 Å². The lowest BCUT2D eigenvalue weighted by atomic mass is 10.0. The number of aromatic nitrogens is 3. The highest BCUT2D eigenvalue weighted by Crippen LogP contribution is 2.29. The molecule has 0 atom stereocenters. The van der Waals surface area contributed by atoms with Crippen molar-refractivity contribution in [1.82, 2.24) is 14.8 Å². The molecule has 0 fully saturated rings. The summed E-state index contributed by atoms with van der Waals surface area (Å²) in [6, 6.07) is 1.86. The van der Waals surface area contributed by atoms with E-state index in [0.717, 1.165) is 22.5 Å². The van der Waals surface area contributed by atoms with Crippen LogP contribution in [0, 0.1) is 13.8 Å². The van der Waals surface area contributed by atoms with Crippen molar-refractivity contribution < 1.29 is 9.53 Å². The van der Waals surface area contributed by atoms with Crippen molar-refractivity contribution in [3.05, 3.63) is 29.3 Å². The van der Waals surface area contributed by atoms with Gasteiger partial charge in [0.05, 0.1) is 12.8 Å². The zero-order valence-corrected chi connectivity index (χ0v) is 10.4. The third-order valence-corrected chi connectivity index (χ3v) is 2.91. The van der Waals surface area contributed by atoms with E-state index in [-0.39, 0.29) is 5.97 Å². The molecule has 0 bridgehead atoms. The van der Waals surface area contributed by atoms with Gasteiger partial charge >= 0.3 is 5.97 Å². The average Bonchev–Trinajstić information content (AvgIpc) is 2.84. The predicted molar refractivity (Wildman–Crippen MR) is 63.8 cm³/mol. The summed E-state index contributed by atoms with van der Waals surface area (Å²) in [6.07, 6.45) is 1.73. The minimum atomic E-state index is -0.368. The molecule has 17 heavy (non-hydrogen) atoms. The maximum atomic E-state index is 11.6. The Morgan fingerprint density at radius 3 is 2.71 bits per heavy atom. The zero-order valence-electron chi connectivity index (χ0n) is 10.4. The molecule has 5 heteroatoms. The van der Waals surface area contributed by atoms with E-state index in [1.807, 2.05) is 27.0 Å². The fourth-order valence-electron chi connectivity index (χ4n) is 2.01. The van der Waals surface area contributed by atoms with Gasteiger partial charge in [-0.15, -0.1) is 0 Å². The molecule has 0 aromatic carbocycles. The van der Waals surface area contributed by atoms with Crippen molar-refractivity contribution in [2.75, 3.05) is 7.11 Å². The average molecular weight is 233 g/mol. The summed E-state index contributed by atoms with van der Waals surface area (Å²) >= 11 is 0. The largest absolute Gasteiger partial charge is 0.464 e. The first-order chi connectivity index (χ1) is 8.06. The molecular weight excluding hydrogens is 218 g/mol. The summed E-state index contributed by atoms with van der Waals surface area (Å²) in [5, 5.41) is 4.34. The number of nitrogens with zero attached hydrogens (tertiary/aromatic N) is 2. The van der Waals surface area contributed by atoms with Crippen LogP contribution in [-0.2, 0) is 11.8 Å². The molecule has 0 amide bonds. The number of H-pyrrole nitrogens is 1. The van der Waals surface area contributed by atoms with Crippen molar-refractivity contribution >= 4 is 5.97 Å². The summed E-state index contributed by atoms with van der Waals surface area (Å²) < 4.78 is 6.55. The number of rotatable bonds is 2. The lowest BCUT2D eigenvalue weighted by molar-refractivity contribution is 0.0596. The molecule has 0 spiro atoms. The molecular formula is C12H15N3O2. The first kappa shape index (κ1) is 11.4. The quantitative estimate of drug-likeness (QED) is 0.805. The van der Waals surface area contributed by atoms with Crippen LogP contribution in [0.25, 0.3) is 11.1 Å². The molecule has 0 saturated carbocycles. The monoisotopic (exact) mass is 233 g/mol. The Morgan fingerprint density at radius 1 is 1.47 bits per heavy atom. The predicted octanol–water partition coefficient (Wildman–Crippen LogP) is 1.82. The molecule has 2 aromatic heterocycles. The third-order valence-electron chi connectivity index (χ3n) is 2.91. The Morgan fingerprint density at radius 2 is 2.18 bits per heavy atom. The molecule has 2 aromatic rings. The molecule has 0 saturated heterocycles. The van der Waals surface area contributed by atoms with Gasteiger partial charge in [0.1, 0.15) is 5.69 Å². The lowest BCUT2D eigenvalue weighted by Crippen LogP contribution is -2.03. The van der Waals surface area contributed by atoms with Crippen LogP contribution in [-0.4, -0.2) is 27.8 Å². The second-order valence-electron chi connectivity index (χ2n) is 3.93. The van der Waals surface area contributed by atoms with Gasteiger partial charge in [-0.3, -0.25) is 4.68 Å². The van der Waals surface area contributed by atoms with Gasteiger partial charge in [-0.1, -0.05) is 0 Å². The highest BCUT2D eigenvalue weighted by Gasteiger charge is 2.20. The zero-order chi connectivity index (χ0) is 12.6. The third kappa shape index (κ3) is 1.73. The molecule has 2 rings (SSSR count). The number of carbonyl (C=O) groups is 1. The normalized spacial score (nSPS) is 10.6. The number of aromatic amines is 1. The van der Waals surface area contributed by atoms with Gasteiger partial charge in [-0.2, -0.15) is 5.10 Å². The highest BCUT2D eigenvalue weighted by atomic mass is 16.5. The summed E-state index contributed by atoms with van der Waals surface area (Å²) in [7, 11) is 3.26. The number of esters is 1. The number of hydrogen-bond donors (Lipinski definition) is 1. The molecule has 0 aliphatic carbocycles. The maximum absolute atomic E-state index is 11.6. The first-order valence-corrected chi connectivity index (χ1v) is 5.32. The molecule has 2 heterocycles. The van der Waals surface area contributed by atoms with E-state index in [1.165, 1.54) is 7.11 Å². The van der Waals surface area contributed by atoms with Gasteiger partial charge in [-0.05, 0) is 19.9 Å². The van der Waals surface area contributed by atoms with Crippen LogP contribution in [0.1, 0.15) is 21.9 Å². The van der Waals surface area contributed by atoms with E-state index in [2.05, 4.69) is 10.1 Å². The molecule has 1 N–H and O–H groups in total. The number of ether oxygens (including phenoxy) is 1. The summed E-state index contributed by atoms with van der Waals surface area (Å²) in [4.78, 5) is 14.5. The van der Waals surface area contributed by atoms with Crippen LogP contribution in [0.4, 0.5) is 0 Å². The molecule has 0 unspecified atom stereocenters. The van der Waals surface area contributed by atoms with Crippen LogP contribution in [0.3, 0.4) is 0 Å². The second-order valence-corrected chi connectivity index (χ2v) is 3.93. The van der Waals surface area contributed by atoms with Crippen LogP contribution in [0.15, 0.2) is 12.3 Å². The Kier molecular flexibility index (Phi) is 2.75. The van der Waals surface area contributed by atoms with Gasteiger partial charge in [-0.25, -0.2) is 4.79 Å². The molecule has 5 nitrogen and oxygen atoms in total. The molecule has 90 valence electrons. The fraction of sp³-hybridized carbons (Fsp3) is 0.333. The van der Waals surface area contributed by atoms with Crippen molar-refractivity contribution in [3.63, 3.8) is 0 Å². The standard InChI is InChI=1S/C12H15N3O2/c1-7-10(8(2)15(3)14-7)9-5-6-13-11(9)12(16)17-4/h5-6,13H,1-4H3. The van der Waals surface area contributed by atoms with Crippen LogP contribution >= 0.6 is 0 Å². The Hall–Kier alpha value is -2.04.